The van der Waals surface area contributed by atoms with Gasteiger partial charge in [0.25, 0.3) is 0 Å². The lowest BCUT2D eigenvalue weighted by molar-refractivity contribution is 1.18. The zero-order valence-electron chi connectivity index (χ0n) is 7.20. The van der Waals surface area contributed by atoms with Gasteiger partial charge in [0.1, 0.15) is 6.07 Å². The van der Waals surface area contributed by atoms with Crippen molar-refractivity contribution in [2.24, 2.45) is 5.73 Å². The number of nitrogen functional groups attached to an aromatic ring is 1. The van der Waals surface area contributed by atoms with Crippen LogP contribution in [0.2, 0.25) is 0 Å². The van der Waals surface area contributed by atoms with E-state index in [4.69, 9.17) is 11.0 Å². The Labute approximate surface area is 71.8 Å². The zero-order valence-corrected chi connectivity index (χ0v) is 7.20. The average Bonchev–Trinajstić information content (AvgIpc) is 2.13. The SMILES string of the molecule is CN.Cc1ncc(N)cc1C#N. The first-order valence-corrected chi connectivity index (χ1v) is 3.44. The maximum Gasteiger partial charge on any atom is 0.101 e. The van der Waals surface area contributed by atoms with Crippen molar-refractivity contribution >= 4 is 5.69 Å². The molecule has 0 unspecified atom stereocenters. The normalized spacial score (nSPS) is 7.83. The van der Waals surface area contributed by atoms with Crippen LogP contribution in [0.3, 0.4) is 0 Å². The monoisotopic (exact) mass is 164 g/mol. The van der Waals surface area contributed by atoms with Crippen LogP contribution in [0.15, 0.2) is 12.3 Å². The standard InChI is InChI=1S/C7H7N3.CH5N/c1-5-6(3-8)2-7(9)4-10-5;1-2/h2,4H,9H2,1H3;2H2,1H3. The second-order valence-corrected chi connectivity index (χ2v) is 2.01. The summed E-state index contributed by atoms with van der Waals surface area (Å²) in [6.45, 7) is 1.78. The Morgan fingerprint density at radius 1 is 1.50 bits per heavy atom. The van der Waals surface area contributed by atoms with Gasteiger partial charge in [-0.2, -0.15) is 5.26 Å². The third kappa shape index (κ3) is 2.56. The fourth-order valence-electron chi connectivity index (χ4n) is 0.662. The molecule has 4 heteroatoms. The third-order valence-electron chi connectivity index (χ3n) is 1.23. The van der Waals surface area contributed by atoms with Crippen molar-refractivity contribution in [3.05, 3.63) is 23.5 Å². The van der Waals surface area contributed by atoms with E-state index in [1.807, 2.05) is 6.07 Å². The summed E-state index contributed by atoms with van der Waals surface area (Å²) >= 11 is 0. The van der Waals surface area contributed by atoms with E-state index in [2.05, 4.69) is 10.7 Å². The first-order valence-electron chi connectivity index (χ1n) is 3.44. The fraction of sp³-hybridized carbons (Fsp3) is 0.250. The number of anilines is 1. The number of nitriles is 1. The van der Waals surface area contributed by atoms with Crippen LogP contribution < -0.4 is 11.5 Å². The number of hydrogen-bond acceptors (Lipinski definition) is 4. The van der Waals surface area contributed by atoms with E-state index in [1.165, 1.54) is 13.2 Å². The second kappa shape index (κ2) is 5.10. The average molecular weight is 164 g/mol. The van der Waals surface area contributed by atoms with Crippen molar-refractivity contribution in [3.8, 4) is 6.07 Å². The van der Waals surface area contributed by atoms with Crippen LogP contribution in [0.25, 0.3) is 0 Å². The van der Waals surface area contributed by atoms with Crippen molar-refractivity contribution in [1.29, 1.82) is 5.26 Å². The van der Waals surface area contributed by atoms with Crippen LogP contribution in [0.1, 0.15) is 11.3 Å². The molecule has 0 aliphatic rings. The van der Waals surface area contributed by atoms with E-state index in [-0.39, 0.29) is 0 Å². The van der Waals surface area contributed by atoms with E-state index in [1.54, 1.807) is 13.0 Å². The van der Waals surface area contributed by atoms with E-state index < -0.39 is 0 Å². The van der Waals surface area contributed by atoms with Crippen LogP contribution in [0.5, 0.6) is 0 Å². The Balaban J connectivity index is 0.000000561. The molecule has 0 aromatic carbocycles. The van der Waals surface area contributed by atoms with E-state index in [9.17, 15) is 0 Å². The molecular weight excluding hydrogens is 152 g/mol. The van der Waals surface area contributed by atoms with Crippen LogP contribution in [0, 0.1) is 18.3 Å². The van der Waals surface area contributed by atoms with Gasteiger partial charge in [-0.15, -0.1) is 0 Å². The number of rotatable bonds is 0. The van der Waals surface area contributed by atoms with E-state index >= 15 is 0 Å². The highest BCUT2D eigenvalue weighted by Gasteiger charge is 1.96. The van der Waals surface area contributed by atoms with Gasteiger partial charge in [-0.25, -0.2) is 0 Å². The van der Waals surface area contributed by atoms with E-state index in [0.29, 0.717) is 11.3 Å². The topological polar surface area (TPSA) is 88.7 Å². The summed E-state index contributed by atoms with van der Waals surface area (Å²) in [5.41, 5.74) is 11.7. The summed E-state index contributed by atoms with van der Waals surface area (Å²) in [4.78, 5) is 3.90. The van der Waals surface area contributed by atoms with Gasteiger partial charge in [0.05, 0.1) is 23.1 Å². The van der Waals surface area contributed by atoms with Crippen molar-refractivity contribution in [2.45, 2.75) is 6.92 Å². The second-order valence-electron chi connectivity index (χ2n) is 2.01. The highest BCUT2D eigenvalue weighted by Crippen LogP contribution is 2.06. The minimum Gasteiger partial charge on any atom is -0.397 e. The molecular formula is C8H12N4. The summed E-state index contributed by atoms with van der Waals surface area (Å²) in [5, 5.41) is 8.50. The van der Waals surface area contributed by atoms with Crippen LogP contribution >= 0.6 is 0 Å². The summed E-state index contributed by atoms with van der Waals surface area (Å²) in [6.07, 6.45) is 1.54. The molecule has 0 atom stereocenters. The fourth-order valence-corrected chi connectivity index (χ4v) is 0.662. The summed E-state index contributed by atoms with van der Waals surface area (Å²) in [7, 11) is 1.50. The Morgan fingerprint density at radius 2 is 2.08 bits per heavy atom. The molecule has 4 N–H and O–H groups in total. The lowest BCUT2D eigenvalue weighted by Gasteiger charge is -1.95. The number of aromatic nitrogens is 1. The number of nitrogens with zero attached hydrogens (tertiary/aromatic N) is 2. The third-order valence-corrected chi connectivity index (χ3v) is 1.23. The maximum atomic E-state index is 8.50. The predicted octanol–water partition coefficient (Wildman–Crippen LogP) is 0.419. The molecule has 1 rings (SSSR count). The molecule has 0 saturated heterocycles. The molecule has 0 fully saturated rings. The number of hydrogen-bond donors (Lipinski definition) is 2. The Morgan fingerprint density at radius 3 is 2.50 bits per heavy atom. The molecule has 0 aliphatic carbocycles. The van der Waals surface area contributed by atoms with Crippen LogP contribution in [-0.2, 0) is 0 Å². The number of pyridine rings is 1. The highest BCUT2D eigenvalue weighted by molar-refractivity contribution is 5.45. The summed E-state index contributed by atoms with van der Waals surface area (Å²) in [5.74, 6) is 0. The molecule has 0 amide bonds. The van der Waals surface area contributed by atoms with Crippen molar-refractivity contribution < 1.29 is 0 Å². The van der Waals surface area contributed by atoms with Gasteiger partial charge in [-0.3, -0.25) is 4.98 Å². The predicted molar refractivity (Wildman–Crippen MR) is 48.2 cm³/mol. The van der Waals surface area contributed by atoms with Crippen molar-refractivity contribution in [1.82, 2.24) is 4.98 Å². The molecule has 0 radical (unpaired) electrons. The van der Waals surface area contributed by atoms with Gasteiger partial charge in [0.15, 0.2) is 0 Å². The quantitative estimate of drug-likeness (QED) is 0.581. The molecule has 0 aliphatic heterocycles. The molecule has 0 spiro atoms. The first kappa shape index (κ1) is 10.4. The largest absolute Gasteiger partial charge is 0.397 e. The van der Waals surface area contributed by atoms with Gasteiger partial charge < -0.3 is 11.5 Å². The maximum absolute atomic E-state index is 8.50. The lowest BCUT2D eigenvalue weighted by atomic mass is 10.2. The molecule has 64 valence electrons. The van der Waals surface area contributed by atoms with Gasteiger partial charge in [0, 0.05) is 0 Å². The van der Waals surface area contributed by atoms with Gasteiger partial charge in [-0.05, 0) is 20.0 Å². The smallest absolute Gasteiger partial charge is 0.101 e. The molecule has 0 saturated carbocycles. The minimum absolute atomic E-state index is 0.530. The Hall–Kier alpha value is -1.60. The summed E-state index contributed by atoms with van der Waals surface area (Å²) in [6, 6.07) is 3.61. The number of aryl methyl sites for hydroxylation is 1. The van der Waals surface area contributed by atoms with Gasteiger partial charge in [-0.1, -0.05) is 0 Å². The molecule has 12 heavy (non-hydrogen) atoms. The highest BCUT2D eigenvalue weighted by atomic mass is 14.7. The van der Waals surface area contributed by atoms with Gasteiger partial charge >= 0.3 is 0 Å². The molecule has 1 aromatic rings. The molecule has 4 nitrogen and oxygen atoms in total. The van der Waals surface area contributed by atoms with Crippen LogP contribution in [-0.4, -0.2) is 12.0 Å². The summed E-state index contributed by atoms with van der Waals surface area (Å²) < 4.78 is 0. The van der Waals surface area contributed by atoms with Crippen molar-refractivity contribution in [3.63, 3.8) is 0 Å². The molecule has 0 bridgehead atoms. The first-order chi connectivity index (χ1) is 5.74. The lowest BCUT2D eigenvalue weighted by Crippen LogP contribution is -1.91. The Kier molecular flexibility index (Phi) is 4.42. The number of nitrogens with two attached hydrogens (primary N) is 2. The Bertz CT molecular complexity index is 288. The van der Waals surface area contributed by atoms with E-state index in [0.717, 1.165) is 5.69 Å². The van der Waals surface area contributed by atoms with Gasteiger partial charge in [0.2, 0.25) is 0 Å². The van der Waals surface area contributed by atoms with Crippen molar-refractivity contribution in [2.75, 3.05) is 12.8 Å². The minimum atomic E-state index is 0.530. The molecule has 1 aromatic heterocycles. The molecule has 1 heterocycles. The zero-order chi connectivity index (χ0) is 9.56. The van der Waals surface area contributed by atoms with Crippen LogP contribution in [0.4, 0.5) is 5.69 Å².